The third-order valence-corrected chi connectivity index (χ3v) is 5.49. The molecule has 1 aliphatic rings. The lowest BCUT2D eigenvalue weighted by atomic mass is 9.83. The second kappa shape index (κ2) is 12.2. The molecule has 0 spiro atoms. The van der Waals surface area contributed by atoms with Crippen molar-refractivity contribution in [3.8, 4) is 0 Å². The molecule has 0 fully saturated rings. The fourth-order valence-electron chi connectivity index (χ4n) is 3.65. The molecule has 0 unspecified atom stereocenters. The Hall–Kier alpha value is -4.51. The summed E-state index contributed by atoms with van der Waals surface area (Å²) in [7, 11) is 0. The number of nitrogens with two attached hydrogens (primary N) is 1. The van der Waals surface area contributed by atoms with Crippen molar-refractivity contribution in [1.29, 1.82) is 0 Å². The fraction of sp³-hybridized carbons (Fsp3) is 0.185. The van der Waals surface area contributed by atoms with Gasteiger partial charge in [-0.05, 0) is 18.1 Å². The number of carboxylic acids is 1. The minimum Gasteiger partial charge on any atom is -0.475 e. The topological polar surface area (TPSA) is 136 Å². The van der Waals surface area contributed by atoms with E-state index in [9.17, 15) is 27.6 Å². The summed E-state index contributed by atoms with van der Waals surface area (Å²) in [5, 5.41) is 10.3. The van der Waals surface area contributed by atoms with Crippen LogP contribution in [0.3, 0.4) is 0 Å². The van der Waals surface area contributed by atoms with Gasteiger partial charge < -0.3 is 20.9 Å². The first-order valence-corrected chi connectivity index (χ1v) is 11.3. The Kier molecular flexibility index (Phi) is 8.98. The molecule has 4 N–H and O–H groups in total. The van der Waals surface area contributed by atoms with Crippen LogP contribution in [0.25, 0.3) is 0 Å². The normalized spacial score (nSPS) is 12.8. The van der Waals surface area contributed by atoms with Gasteiger partial charge in [0.1, 0.15) is 6.04 Å². The van der Waals surface area contributed by atoms with Gasteiger partial charge in [-0.15, -0.1) is 0 Å². The number of carbonyl (C=O) groups is 4. The summed E-state index contributed by atoms with van der Waals surface area (Å²) in [4.78, 5) is 46.8. The average Bonchev–Trinajstić information content (AvgIpc) is 2.91. The van der Waals surface area contributed by atoms with Gasteiger partial charge in [-0.25, -0.2) is 9.59 Å². The Morgan fingerprint density at radius 3 is 2.03 bits per heavy atom. The number of fused-ring (bicyclic) bond motifs is 2. The lowest BCUT2D eigenvalue weighted by Crippen LogP contribution is -2.25. The summed E-state index contributed by atoms with van der Waals surface area (Å²) in [5.74, 6) is -3.57. The Morgan fingerprint density at radius 2 is 1.42 bits per heavy atom. The molecule has 1 atom stereocenters. The van der Waals surface area contributed by atoms with Crippen LogP contribution in [-0.2, 0) is 14.3 Å². The van der Waals surface area contributed by atoms with Crippen LogP contribution in [0.5, 0.6) is 0 Å². The van der Waals surface area contributed by atoms with Crippen LogP contribution in [0, 0.1) is 0 Å². The first-order valence-electron chi connectivity index (χ1n) is 11.3. The van der Waals surface area contributed by atoms with Gasteiger partial charge in [-0.2, -0.15) is 13.2 Å². The van der Waals surface area contributed by atoms with E-state index in [0.717, 1.165) is 0 Å². The maximum atomic E-state index is 13.0. The zero-order valence-electron chi connectivity index (χ0n) is 19.8. The third kappa shape index (κ3) is 6.62. The average molecular weight is 528 g/mol. The second-order valence-corrected chi connectivity index (χ2v) is 8.07. The van der Waals surface area contributed by atoms with E-state index in [0.29, 0.717) is 46.5 Å². The van der Waals surface area contributed by atoms with Crippen LogP contribution < -0.4 is 11.1 Å². The van der Waals surface area contributed by atoms with Crippen LogP contribution in [0.15, 0.2) is 72.8 Å². The quantitative estimate of drug-likeness (QED) is 0.241. The fourth-order valence-corrected chi connectivity index (χ4v) is 3.65. The number of aliphatic carboxylic acids is 1. The van der Waals surface area contributed by atoms with Gasteiger partial charge >= 0.3 is 18.1 Å². The molecule has 0 bridgehead atoms. The second-order valence-electron chi connectivity index (χ2n) is 8.07. The molecular formula is C27H23F3N2O6. The molecule has 3 aromatic carbocycles. The molecular weight excluding hydrogens is 505 g/mol. The number of hydrogen-bond donors (Lipinski definition) is 3. The highest BCUT2D eigenvalue weighted by molar-refractivity contribution is 6.30. The Morgan fingerprint density at radius 1 is 0.868 bits per heavy atom. The number of rotatable bonds is 7. The van der Waals surface area contributed by atoms with Crippen molar-refractivity contribution >= 4 is 29.2 Å². The number of hydrogen-bond acceptors (Lipinski definition) is 7. The SMILES string of the molecule is N[C@@H](C(=O)OCCCNc1cccc2c1C(=O)c1ccccc1C2=O)c1ccccc1.O=C(O)C(F)(F)F. The highest BCUT2D eigenvalue weighted by Crippen LogP contribution is 2.31. The van der Waals surface area contributed by atoms with Crippen molar-refractivity contribution < 1.29 is 42.2 Å². The minimum atomic E-state index is -5.08. The number of benzene rings is 3. The van der Waals surface area contributed by atoms with Crippen molar-refractivity contribution in [3.63, 3.8) is 0 Å². The summed E-state index contributed by atoms with van der Waals surface area (Å²) in [5.41, 5.74) is 8.85. The molecule has 11 heteroatoms. The number of ketones is 2. The Labute approximate surface area is 215 Å². The predicted octanol–water partition coefficient (Wildman–Crippen LogP) is 4.14. The van der Waals surface area contributed by atoms with Gasteiger partial charge in [0, 0.05) is 28.9 Å². The number of esters is 1. The molecule has 0 saturated carbocycles. The first-order chi connectivity index (χ1) is 18.0. The van der Waals surface area contributed by atoms with Crippen molar-refractivity contribution in [2.75, 3.05) is 18.5 Å². The minimum absolute atomic E-state index is 0.155. The van der Waals surface area contributed by atoms with E-state index in [1.54, 1.807) is 54.6 Å². The van der Waals surface area contributed by atoms with E-state index in [1.807, 2.05) is 18.2 Å². The molecule has 0 amide bonds. The first kappa shape index (κ1) is 28.1. The molecule has 198 valence electrons. The molecule has 1 aliphatic carbocycles. The Bertz CT molecular complexity index is 1340. The van der Waals surface area contributed by atoms with E-state index >= 15 is 0 Å². The monoisotopic (exact) mass is 528 g/mol. The Balaban J connectivity index is 0.000000505. The molecule has 38 heavy (non-hydrogen) atoms. The van der Waals surface area contributed by atoms with Crippen molar-refractivity contribution in [2.24, 2.45) is 5.73 Å². The van der Waals surface area contributed by atoms with Crippen molar-refractivity contribution in [1.82, 2.24) is 0 Å². The molecule has 8 nitrogen and oxygen atoms in total. The lowest BCUT2D eigenvalue weighted by molar-refractivity contribution is -0.192. The van der Waals surface area contributed by atoms with E-state index in [1.165, 1.54) is 0 Å². The zero-order chi connectivity index (χ0) is 27.9. The van der Waals surface area contributed by atoms with E-state index in [4.69, 9.17) is 20.4 Å². The number of carbonyl (C=O) groups excluding carboxylic acids is 3. The molecule has 3 aromatic rings. The van der Waals surface area contributed by atoms with Crippen LogP contribution >= 0.6 is 0 Å². The van der Waals surface area contributed by atoms with Crippen LogP contribution in [-0.4, -0.2) is 47.9 Å². The summed E-state index contributed by atoms with van der Waals surface area (Å²) in [6, 6.07) is 20.3. The summed E-state index contributed by atoms with van der Waals surface area (Å²) >= 11 is 0. The maximum Gasteiger partial charge on any atom is 0.490 e. The molecule has 0 saturated heterocycles. The number of alkyl halides is 3. The van der Waals surface area contributed by atoms with Gasteiger partial charge in [-0.1, -0.05) is 66.7 Å². The van der Waals surface area contributed by atoms with E-state index in [-0.39, 0.29) is 18.2 Å². The van der Waals surface area contributed by atoms with Crippen LogP contribution in [0.4, 0.5) is 18.9 Å². The molecule has 0 aromatic heterocycles. The molecule has 4 rings (SSSR count). The van der Waals surface area contributed by atoms with Crippen molar-refractivity contribution in [3.05, 3.63) is 101 Å². The number of halogens is 3. The van der Waals surface area contributed by atoms with Gasteiger partial charge in [0.25, 0.3) is 0 Å². The number of carboxylic acid groups (broad SMARTS) is 1. The number of ether oxygens (including phenoxy) is 1. The molecule has 0 radical (unpaired) electrons. The zero-order valence-corrected chi connectivity index (χ0v) is 19.8. The predicted molar refractivity (Wildman–Crippen MR) is 131 cm³/mol. The lowest BCUT2D eigenvalue weighted by Gasteiger charge is -2.20. The largest absolute Gasteiger partial charge is 0.490 e. The van der Waals surface area contributed by atoms with Gasteiger partial charge in [0.15, 0.2) is 11.6 Å². The molecule has 0 heterocycles. The number of nitrogens with one attached hydrogen (secondary N) is 1. The summed E-state index contributed by atoms with van der Waals surface area (Å²) in [6.07, 6.45) is -4.56. The van der Waals surface area contributed by atoms with Crippen LogP contribution in [0.2, 0.25) is 0 Å². The van der Waals surface area contributed by atoms with E-state index in [2.05, 4.69) is 5.32 Å². The van der Waals surface area contributed by atoms with Gasteiger partial charge in [-0.3, -0.25) is 9.59 Å². The standard InChI is InChI=1S/C25H22N2O4.C2HF3O2/c26-22(16-8-2-1-3-9-16)25(30)31-15-7-14-27-20-13-6-12-19-21(20)24(29)18-11-5-4-10-17(18)23(19)28;3-2(4,5)1(6)7/h1-6,8-13,22,27H,7,14-15,26H2;(H,6,7)/t22-;/m1./s1. The molecule has 0 aliphatic heterocycles. The third-order valence-electron chi connectivity index (χ3n) is 5.49. The summed E-state index contributed by atoms with van der Waals surface area (Å²) < 4.78 is 37.0. The highest BCUT2D eigenvalue weighted by Gasteiger charge is 2.38. The van der Waals surface area contributed by atoms with Gasteiger partial charge in [0.05, 0.1) is 12.2 Å². The van der Waals surface area contributed by atoms with E-state index < -0.39 is 24.2 Å². The van der Waals surface area contributed by atoms with Crippen LogP contribution in [0.1, 0.15) is 49.9 Å². The number of anilines is 1. The maximum absolute atomic E-state index is 13.0. The van der Waals surface area contributed by atoms with Crippen molar-refractivity contribution in [2.45, 2.75) is 18.6 Å². The van der Waals surface area contributed by atoms with Gasteiger partial charge in [0.2, 0.25) is 0 Å². The highest BCUT2D eigenvalue weighted by atomic mass is 19.4. The smallest absolute Gasteiger partial charge is 0.475 e. The summed E-state index contributed by atoms with van der Waals surface area (Å²) in [6.45, 7) is 0.657.